The van der Waals surface area contributed by atoms with Crippen LogP contribution in [-0.2, 0) is 4.79 Å². The number of hydrogen-bond acceptors (Lipinski definition) is 4. The Morgan fingerprint density at radius 3 is 2.29 bits per heavy atom. The lowest BCUT2D eigenvalue weighted by molar-refractivity contribution is -0.119. The first-order valence-corrected chi connectivity index (χ1v) is 7.26. The normalized spacial score (nSPS) is 9.90. The third-order valence-corrected chi connectivity index (χ3v) is 3.61. The molecule has 6 heteroatoms. The van der Waals surface area contributed by atoms with E-state index in [1.54, 1.807) is 36.4 Å². The molecule has 0 aromatic heterocycles. The van der Waals surface area contributed by atoms with Crippen molar-refractivity contribution < 1.29 is 9.59 Å². The van der Waals surface area contributed by atoms with Crippen molar-refractivity contribution in [1.29, 1.82) is 0 Å². The highest BCUT2D eigenvalue weighted by Gasteiger charge is 2.07. The molecule has 2 aromatic rings. The minimum atomic E-state index is -0.346. The van der Waals surface area contributed by atoms with Crippen molar-refractivity contribution in [3.8, 4) is 0 Å². The van der Waals surface area contributed by atoms with Gasteiger partial charge in [-0.1, -0.05) is 18.2 Å². The molecule has 0 heterocycles. The van der Waals surface area contributed by atoms with Crippen LogP contribution in [0.4, 0.5) is 5.69 Å². The lowest BCUT2D eigenvalue weighted by Crippen LogP contribution is -2.42. The van der Waals surface area contributed by atoms with Crippen molar-refractivity contribution in [2.45, 2.75) is 4.90 Å². The molecule has 0 spiro atoms. The van der Waals surface area contributed by atoms with Gasteiger partial charge in [0.15, 0.2) is 0 Å². The number of amides is 2. The van der Waals surface area contributed by atoms with E-state index in [0.717, 1.165) is 4.90 Å². The fourth-order valence-electron chi connectivity index (χ4n) is 1.54. The van der Waals surface area contributed by atoms with Gasteiger partial charge in [-0.25, -0.2) is 0 Å². The summed E-state index contributed by atoms with van der Waals surface area (Å²) < 4.78 is 0. The van der Waals surface area contributed by atoms with Gasteiger partial charge < -0.3 is 5.73 Å². The van der Waals surface area contributed by atoms with E-state index in [2.05, 4.69) is 10.9 Å². The van der Waals surface area contributed by atoms with Gasteiger partial charge >= 0.3 is 0 Å². The van der Waals surface area contributed by atoms with Crippen molar-refractivity contribution in [2.24, 2.45) is 0 Å². The first-order chi connectivity index (χ1) is 10.1. The summed E-state index contributed by atoms with van der Waals surface area (Å²) in [5.74, 6) is -0.415. The predicted molar refractivity (Wildman–Crippen MR) is 83.6 cm³/mol. The molecule has 2 aromatic carbocycles. The van der Waals surface area contributed by atoms with Gasteiger partial charge in [0, 0.05) is 16.1 Å². The fourth-order valence-corrected chi connectivity index (χ4v) is 2.24. The molecule has 4 N–H and O–H groups in total. The van der Waals surface area contributed by atoms with Crippen LogP contribution in [0.15, 0.2) is 59.5 Å². The van der Waals surface area contributed by atoms with Crippen LogP contribution >= 0.6 is 11.8 Å². The molecule has 0 saturated carbocycles. The molecule has 0 saturated heterocycles. The van der Waals surface area contributed by atoms with Gasteiger partial charge in [0.25, 0.3) is 5.91 Å². The quantitative estimate of drug-likeness (QED) is 0.457. The Morgan fingerprint density at radius 1 is 0.952 bits per heavy atom. The first-order valence-electron chi connectivity index (χ1n) is 6.28. The average molecular weight is 301 g/mol. The maximum Gasteiger partial charge on any atom is 0.269 e. The van der Waals surface area contributed by atoms with Crippen LogP contribution in [-0.4, -0.2) is 17.6 Å². The number of nitrogens with two attached hydrogens (primary N) is 1. The molecule has 5 nitrogen and oxygen atoms in total. The zero-order chi connectivity index (χ0) is 15.1. The summed E-state index contributed by atoms with van der Waals surface area (Å²) in [5.41, 5.74) is 11.5. The number of hydrazine groups is 1. The van der Waals surface area contributed by atoms with Crippen LogP contribution in [0.3, 0.4) is 0 Å². The second-order valence-corrected chi connectivity index (χ2v) is 5.27. The van der Waals surface area contributed by atoms with Gasteiger partial charge in [0.1, 0.15) is 0 Å². The summed E-state index contributed by atoms with van der Waals surface area (Å²) in [4.78, 5) is 24.3. The second-order valence-electron chi connectivity index (χ2n) is 4.23. The van der Waals surface area contributed by atoms with Gasteiger partial charge in [0.2, 0.25) is 5.91 Å². The predicted octanol–water partition coefficient (Wildman–Crippen LogP) is 1.82. The Labute approximate surface area is 126 Å². The second kappa shape index (κ2) is 7.35. The third-order valence-electron chi connectivity index (χ3n) is 2.60. The van der Waals surface area contributed by atoms with Gasteiger partial charge in [0.05, 0.1) is 5.75 Å². The Balaban J connectivity index is 1.75. The van der Waals surface area contributed by atoms with Crippen LogP contribution in [0.2, 0.25) is 0 Å². The minimum Gasteiger partial charge on any atom is -0.399 e. The van der Waals surface area contributed by atoms with E-state index in [1.807, 2.05) is 18.2 Å². The van der Waals surface area contributed by atoms with Crippen LogP contribution in [0, 0.1) is 0 Å². The Bertz CT molecular complexity index is 615. The molecule has 0 aliphatic heterocycles. The van der Waals surface area contributed by atoms with E-state index in [4.69, 9.17) is 5.73 Å². The molecule has 0 bridgehead atoms. The number of nitrogen functional groups attached to an aromatic ring is 1. The highest BCUT2D eigenvalue weighted by atomic mass is 32.2. The summed E-state index contributed by atoms with van der Waals surface area (Å²) in [6.07, 6.45) is 0. The first kappa shape index (κ1) is 14.9. The van der Waals surface area contributed by atoms with Gasteiger partial charge in [-0.15, -0.1) is 11.8 Å². The lowest BCUT2D eigenvalue weighted by atomic mass is 10.2. The Hall–Kier alpha value is -2.47. The largest absolute Gasteiger partial charge is 0.399 e. The third kappa shape index (κ3) is 4.85. The minimum absolute atomic E-state index is 0.207. The van der Waals surface area contributed by atoms with Crippen molar-refractivity contribution in [1.82, 2.24) is 10.9 Å². The number of thioether (sulfide) groups is 1. The SMILES string of the molecule is Nc1ccc(SCC(=O)NNC(=O)c2ccccc2)cc1. The standard InChI is InChI=1S/C15H15N3O2S/c16-12-6-8-13(9-7-12)21-10-14(19)17-18-15(20)11-4-2-1-3-5-11/h1-9H,10,16H2,(H,17,19)(H,18,20). The summed E-state index contributed by atoms with van der Waals surface area (Å²) in [6.45, 7) is 0. The molecule has 0 unspecified atom stereocenters. The molecule has 21 heavy (non-hydrogen) atoms. The molecule has 0 radical (unpaired) electrons. The number of anilines is 1. The van der Waals surface area contributed by atoms with Crippen molar-refractivity contribution in [3.63, 3.8) is 0 Å². The average Bonchev–Trinajstić information content (AvgIpc) is 2.53. The van der Waals surface area contributed by atoms with E-state index in [9.17, 15) is 9.59 Å². The van der Waals surface area contributed by atoms with Crippen molar-refractivity contribution >= 4 is 29.3 Å². The zero-order valence-corrected chi connectivity index (χ0v) is 12.0. The molecule has 0 fully saturated rings. The van der Waals surface area contributed by atoms with E-state index in [1.165, 1.54) is 11.8 Å². The van der Waals surface area contributed by atoms with E-state index in [0.29, 0.717) is 11.3 Å². The molecular formula is C15H15N3O2S. The smallest absolute Gasteiger partial charge is 0.269 e. The highest BCUT2D eigenvalue weighted by molar-refractivity contribution is 8.00. The van der Waals surface area contributed by atoms with E-state index < -0.39 is 0 Å². The summed E-state index contributed by atoms with van der Waals surface area (Å²) in [5, 5.41) is 0. The Morgan fingerprint density at radius 2 is 1.62 bits per heavy atom. The summed E-state index contributed by atoms with van der Waals surface area (Å²) >= 11 is 1.37. The number of carbonyl (C=O) groups excluding carboxylic acids is 2. The number of hydrogen-bond donors (Lipinski definition) is 3. The van der Waals surface area contributed by atoms with Crippen LogP contribution < -0.4 is 16.6 Å². The topological polar surface area (TPSA) is 84.2 Å². The van der Waals surface area contributed by atoms with Crippen molar-refractivity contribution in [3.05, 3.63) is 60.2 Å². The van der Waals surface area contributed by atoms with Crippen LogP contribution in [0.1, 0.15) is 10.4 Å². The van der Waals surface area contributed by atoms with Gasteiger partial charge in [-0.3, -0.25) is 20.4 Å². The zero-order valence-electron chi connectivity index (χ0n) is 11.2. The molecule has 2 rings (SSSR count). The van der Waals surface area contributed by atoms with Crippen molar-refractivity contribution in [2.75, 3.05) is 11.5 Å². The van der Waals surface area contributed by atoms with Gasteiger partial charge in [-0.05, 0) is 36.4 Å². The fraction of sp³-hybridized carbons (Fsp3) is 0.0667. The summed E-state index contributed by atoms with van der Waals surface area (Å²) in [7, 11) is 0. The monoisotopic (exact) mass is 301 g/mol. The maximum absolute atomic E-state index is 11.7. The number of rotatable bonds is 4. The number of nitrogens with one attached hydrogen (secondary N) is 2. The van der Waals surface area contributed by atoms with Crippen LogP contribution in [0.25, 0.3) is 0 Å². The number of benzene rings is 2. The van der Waals surface area contributed by atoms with E-state index in [-0.39, 0.29) is 17.6 Å². The van der Waals surface area contributed by atoms with Crippen LogP contribution in [0.5, 0.6) is 0 Å². The van der Waals surface area contributed by atoms with E-state index >= 15 is 0 Å². The maximum atomic E-state index is 11.7. The summed E-state index contributed by atoms with van der Waals surface area (Å²) in [6, 6.07) is 15.9. The number of carbonyl (C=O) groups is 2. The molecule has 0 aliphatic carbocycles. The highest BCUT2D eigenvalue weighted by Crippen LogP contribution is 2.18. The molecule has 108 valence electrons. The molecular weight excluding hydrogens is 286 g/mol. The lowest BCUT2D eigenvalue weighted by Gasteiger charge is -2.07. The Kier molecular flexibility index (Phi) is 5.22. The molecule has 0 aliphatic rings. The molecule has 0 atom stereocenters. The molecule has 2 amide bonds. The van der Waals surface area contributed by atoms with Gasteiger partial charge in [-0.2, -0.15) is 0 Å².